The summed E-state index contributed by atoms with van der Waals surface area (Å²) < 4.78 is 0. The van der Waals surface area contributed by atoms with Gasteiger partial charge in [0.05, 0.1) is 11.3 Å². The lowest BCUT2D eigenvalue weighted by molar-refractivity contribution is 0.0612. The van der Waals surface area contributed by atoms with Crippen LogP contribution in [0.2, 0.25) is 0 Å². The van der Waals surface area contributed by atoms with E-state index in [0.717, 1.165) is 48.3 Å². The van der Waals surface area contributed by atoms with Crippen molar-refractivity contribution in [3.8, 4) is 11.8 Å². The molecule has 4 rings (SSSR count). The Hall–Kier alpha value is -2.60. The zero-order chi connectivity index (χ0) is 17.9. The minimum atomic E-state index is 0.156. The van der Waals surface area contributed by atoms with Gasteiger partial charge in [-0.2, -0.15) is 0 Å². The van der Waals surface area contributed by atoms with Gasteiger partial charge in [0.25, 0.3) is 5.91 Å². The first kappa shape index (κ1) is 16.8. The number of aryl methyl sites for hydroxylation is 1. The summed E-state index contributed by atoms with van der Waals surface area (Å²) in [6.45, 7) is 2.85. The van der Waals surface area contributed by atoms with E-state index in [-0.39, 0.29) is 5.91 Å². The van der Waals surface area contributed by atoms with Gasteiger partial charge in [-0.25, -0.2) is 4.98 Å². The van der Waals surface area contributed by atoms with Gasteiger partial charge in [-0.05, 0) is 55.5 Å². The van der Waals surface area contributed by atoms with Crippen LogP contribution in [-0.4, -0.2) is 28.4 Å². The second-order valence-corrected chi connectivity index (χ2v) is 7.35. The normalized spacial score (nSPS) is 17.4. The maximum absolute atomic E-state index is 12.9. The SMILES string of the molecule is Cc1cccc(C#Cc2ccc3c(n2)CCN(C2CCCCC2)C3=O)c1. The van der Waals surface area contributed by atoms with E-state index < -0.39 is 0 Å². The van der Waals surface area contributed by atoms with Gasteiger partial charge in [-0.3, -0.25) is 4.79 Å². The van der Waals surface area contributed by atoms with Crippen molar-refractivity contribution in [2.45, 2.75) is 51.5 Å². The maximum atomic E-state index is 12.9. The first-order chi connectivity index (χ1) is 12.7. The van der Waals surface area contributed by atoms with Crippen molar-refractivity contribution in [1.29, 1.82) is 0 Å². The Kier molecular flexibility index (Phi) is 4.75. The molecule has 3 heteroatoms. The number of benzene rings is 1. The number of amides is 1. The van der Waals surface area contributed by atoms with Crippen molar-refractivity contribution >= 4 is 5.91 Å². The van der Waals surface area contributed by atoms with Gasteiger partial charge in [-0.1, -0.05) is 37.3 Å². The molecule has 0 radical (unpaired) electrons. The van der Waals surface area contributed by atoms with E-state index in [1.807, 2.05) is 24.3 Å². The van der Waals surface area contributed by atoms with Gasteiger partial charge in [0.2, 0.25) is 0 Å². The number of carbonyl (C=O) groups excluding carboxylic acids is 1. The molecule has 1 aliphatic heterocycles. The number of carbonyl (C=O) groups is 1. The van der Waals surface area contributed by atoms with Crippen molar-refractivity contribution < 1.29 is 4.79 Å². The molecular formula is C23H24N2O. The third-order valence-electron chi connectivity index (χ3n) is 5.42. The van der Waals surface area contributed by atoms with Crippen LogP contribution in [0.4, 0.5) is 0 Å². The third kappa shape index (κ3) is 3.51. The molecule has 2 aliphatic rings. The van der Waals surface area contributed by atoms with E-state index in [9.17, 15) is 4.79 Å². The van der Waals surface area contributed by atoms with E-state index in [1.165, 1.54) is 24.8 Å². The largest absolute Gasteiger partial charge is 0.335 e. The number of nitrogens with zero attached hydrogens (tertiary/aromatic N) is 2. The summed E-state index contributed by atoms with van der Waals surface area (Å²) in [5.74, 6) is 6.47. The van der Waals surface area contributed by atoms with Gasteiger partial charge in [-0.15, -0.1) is 0 Å². The highest BCUT2D eigenvalue weighted by Crippen LogP contribution is 2.27. The fourth-order valence-corrected chi connectivity index (χ4v) is 4.04. The van der Waals surface area contributed by atoms with Crippen LogP contribution in [0.1, 0.15) is 65.0 Å². The Labute approximate surface area is 155 Å². The standard InChI is InChI=1S/C23H24N2O/c1-17-6-5-7-18(16-17)10-11-19-12-13-21-22(24-19)14-15-25(23(21)26)20-8-3-2-4-9-20/h5-7,12-13,16,20H,2-4,8-9,14-15H2,1H3. The minimum absolute atomic E-state index is 0.156. The molecule has 0 saturated heterocycles. The second kappa shape index (κ2) is 7.33. The Balaban J connectivity index is 1.54. The van der Waals surface area contributed by atoms with E-state index in [1.54, 1.807) is 0 Å². The van der Waals surface area contributed by atoms with Crippen molar-refractivity contribution in [3.05, 3.63) is 64.5 Å². The van der Waals surface area contributed by atoms with Crippen molar-refractivity contribution in [2.75, 3.05) is 6.54 Å². The molecule has 1 saturated carbocycles. The summed E-state index contributed by atoms with van der Waals surface area (Å²) in [6, 6.07) is 12.4. The fraction of sp³-hybridized carbons (Fsp3) is 0.391. The number of rotatable bonds is 1. The molecule has 1 fully saturated rings. The van der Waals surface area contributed by atoms with Gasteiger partial charge in [0.1, 0.15) is 5.69 Å². The molecule has 1 aromatic heterocycles. The number of fused-ring (bicyclic) bond motifs is 1. The van der Waals surface area contributed by atoms with Crippen molar-refractivity contribution in [1.82, 2.24) is 9.88 Å². The van der Waals surface area contributed by atoms with Crippen LogP contribution < -0.4 is 0 Å². The Morgan fingerprint density at radius 2 is 1.92 bits per heavy atom. The molecule has 0 spiro atoms. The summed E-state index contributed by atoms with van der Waals surface area (Å²) in [6.07, 6.45) is 6.92. The molecule has 26 heavy (non-hydrogen) atoms. The Morgan fingerprint density at radius 1 is 1.08 bits per heavy atom. The van der Waals surface area contributed by atoms with Crippen LogP contribution in [0.3, 0.4) is 0 Å². The smallest absolute Gasteiger partial charge is 0.255 e. The molecule has 1 aliphatic carbocycles. The molecule has 0 unspecified atom stereocenters. The second-order valence-electron chi connectivity index (χ2n) is 7.35. The highest BCUT2D eigenvalue weighted by molar-refractivity contribution is 5.96. The maximum Gasteiger partial charge on any atom is 0.255 e. The lowest BCUT2D eigenvalue weighted by atomic mass is 9.92. The average Bonchev–Trinajstić information content (AvgIpc) is 2.67. The first-order valence-corrected chi connectivity index (χ1v) is 9.60. The molecule has 1 amide bonds. The third-order valence-corrected chi connectivity index (χ3v) is 5.42. The minimum Gasteiger partial charge on any atom is -0.335 e. The topological polar surface area (TPSA) is 33.2 Å². The van der Waals surface area contributed by atoms with Crippen LogP contribution in [0.5, 0.6) is 0 Å². The molecule has 1 aromatic carbocycles. The van der Waals surface area contributed by atoms with E-state index in [0.29, 0.717) is 6.04 Å². The summed E-state index contributed by atoms with van der Waals surface area (Å²) in [4.78, 5) is 19.6. The predicted octanol–water partition coefficient (Wildman–Crippen LogP) is 4.12. The van der Waals surface area contributed by atoms with Gasteiger partial charge >= 0.3 is 0 Å². The van der Waals surface area contributed by atoms with Crippen molar-refractivity contribution in [3.63, 3.8) is 0 Å². The quantitative estimate of drug-likeness (QED) is 0.729. The lowest BCUT2D eigenvalue weighted by Crippen LogP contribution is -2.45. The van der Waals surface area contributed by atoms with Crippen LogP contribution in [0.25, 0.3) is 0 Å². The fourth-order valence-electron chi connectivity index (χ4n) is 4.04. The number of hydrogen-bond donors (Lipinski definition) is 0. The Morgan fingerprint density at radius 3 is 2.73 bits per heavy atom. The van der Waals surface area contributed by atoms with Crippen LogP contribution >= 0.6 is 0 Å². The molecular weight excluding hydrogens is 320 g/mol. The monoisotopic (exact) mass is 344 g/mol. The van der Waals surface area contributed by atoms with E-state index in [2.05, 4.69) is 40.8 Å². The highest BCUT2D eigenvalue weighted by Gasteiger charge is 2.31. The van der Waals surface area contributed by atoms with Gasteiger partial charge < -0.3 is 4.90 Å². The zero-order valence-corrected chi connectivity index (χ0v) is 15.3. The average molecular weight is 344 g/mol. The highest BCUT2D eigenvalue weighted by atomic mass is 16.2. The summed E-state index contributed by atoms with van der Waals surface area (Å²) in [5, 5.41) is 0. The predicted molar refractivity (Wildman–Crippen MR) is 103 cm³/mol. The van der Waals surface area contributed by atoms with Crippen LogP contribution in [0, 0.1) is 18.8 Å². The van der Waals surface area contributed by atoms with E-state index in [4.69, 9.17) is 0 Å². The summed E-state index contributed by atoms with van der Waals surface area (Å²) in [7, 11) is 0. The number of aromatic nitrogens is 1. The number of pyridine rings is 1. The molecule has 3 nitrogen and oxygen atoms in total. The van der Waals surface area contributed by atoms with Gasteiger partial charge in [0.15, 0.2) is 0 Å². The van der Waals surface area contributed by atoms with Crippen LogP contribution in [0.15, 0.2) is 36.4 Å². The zero-order valence-electron chi connectivity index (χ0n) is 15.3. The van der Waals surface area contributed by atoms with Crippen molar-refractivity contribution in [2.24, 2.45) is 0 Å². The Bertz CT molecular complexity index is 885. The van der Waals surface area contributed by atoms with Gasteiger partial charge in [0, 0.05) is 24.6 Å². The molecule has 2 heterocycles. The summed E-state index contributed by atoms with van der Waals surface area (Å²) >= 11 is 0. The summed E-state index contributed by atoms with van der Waals surface area (Å²) in [5.41, 5.74) is 4.60. The lowest BCUT2D eigenvalue weighted by Gasteiger charge is -2.37. The van der Waals surface area contributed by atoms with E-state index >= 15 is 0 Å². The molecule has 0 N–H and O–H groups in total. The molecule has 0 bridgehead atoms. The molecule has 132 valence electrons. The number of hydrogen-bond acceptors (Lipinski definition) is 2. The first-order valence-electron chi connectivity index (χ1n) is 9.60. The molecule has 2 aromatic rings. The van der Waals surface area contributed by atoms with Crippen LogP contribution in [-0.2, 0) is 6.42 Å². The molecule has 0 atom stereocenters.